The van der Waals surface area contributed by atoms with E-state index in [0.29, 0.717) is 19.2 Å². The summed E-state index contributed by atoms with van der Waals surface area (Å²) in [5.74, 6) is 0.505. The summed E-state index contributed by atoms with van der Waals surface area (Å²) in [6, 6.07) is 6.30. The number of carbonyl (C=O) groups is 1. The molecule has 0 spiro atoms. The van der Waals surface area contributed by atoms with Crippen LogP contribution in [0.1, 0.15) is 32.3 Å². The Labute approximate surface area is 131 Å². The monoisotopic (exact) mass is 307 g/mol. The van der Waals surface area contributed by atoms with Crippen molar-refractivity contribution in [3.63, 3.8) is 0 Å². The van der Waals surface area contributed by atoms with Gasteiger partial charge >= 0.3 is 5.97 Å². The Hall–Kier alpha value is -1.75. The van der Waals surface area contributed by atoms with Crippen LogP contribution in [0.25, 0.3) is 0 Å². The average molecular weight is 307 g/mol. The van der Waals surface area contributed by atoms with Crippen molar-refractivity contribution in [2.24, 2.45) is 5.92 Å². The smallest absolute Gasteiger partial charge is 0.307 e. The molecule has 1 aliphatic heterocycles. The molecule has 1 aromatic carbocycles. The standard InChI is InChI=1S/C17H25NO4/c1-4-22-16-9-13(6-8-15(16)21-3)10-18-11-14(17(19)20)7-5-12(18)2/h6,8-9,12,14H,4-5,7,10-11H2,1-3H3,(H,19,20). The molecule has 22 heavy (non-hydrogen) atoms. The molecule has 5 nitrogen and oxygen atoms in total. The van der Waals surface area contributed by atoms with E-state index in [1.807, 2.05) is 25.1 Å². The molecule has 1 aromatic rings. The van der Waals surface area contributed by atoms with Crippen LogP contribution in [0.5, 0.6) is 11.5 Å². The first-order valence-electron chi connectivity index (χ1n) is 7.81. The fourth-order valence-electron chi connectivity index (χ4n) is 2.92. The van der Waals surface area contributed by atoms with Crippen molar-refractivity contribution in [3.8, 4) is 11.5 Å². The van der Waals surface area contributed by atoms with Crippen LogP contribution in [0.2, 0.25) is 0 Å². The second-order valence-electron chi connectivity index (χ2n) is 5.81. The van der Waals surface area contributed by atoms with Gasteiger partial charge < -0.3 is 14.6 Å². The van der Waals surface area contributed by atoms with Gasteiger partial charge in [-0.25, -0.2) is 0 Å². The lowest BCUT2D eigenvalue weighted by Crippen LogP contribution is -2.43. The van der Waals surface area contributed by atoms with E-state index in [-0.39, 0.29) is 5.92 Å². The van der Waals surface area contributed by atoms with Crippen LogP contribution in [-0.4, -0.2) is 42.3 Å². The first kappa shape index (κ1) is 16.6. The van der Waals surface area contributed by atoms with Crippen LogP contribution in [-0.2, 0) is 11.3 Å². The molecule has 2 atom stereocenters. The van der Waals surface area contributed by atoms with Gasteiger partial charge in [-0.1, -0.05) is 6.07 Å². The van der Waals surface area contributed by atoms with Crippen LogP contribution in [0.15, 0.2) is 18.2 Å². The van der Waals surface area contributed by atoms with E-state index >= 15 is 0 Å². The van der Waals surface area contributed by atoms with Gasteiger partial charge in [-0.15, -0.1) is 0 Å². The predicted molar refractivity (Wildman–Crippen MR) is 84.4 cm³/mol. The van der Waals surface area contributed by atoms with Crippen LogP contribution in [0.4, 0.5) is 0 Å². The number of piperidine rings is 1. The van der Waals surface area contributed by atoms with Crippen molar-refractivity contribution in [3.05, 3.63) is 23.8 Å². The number of carboxylic acid groups (broad SMARTS) is 1. The van der Waals surface area contributed by atoms with Crippen LogP contribution in [0.3, 0.4) is 0 Å². The van der Waals surface area contributed by atoms with Crippen molar-refractivity contribution in [2.45, 2.75) is 39.3 Å². The highest BCUT2D eigenvalue weighted by atomic mass is 16.5. The fourth-order valence-corrected chi connectivity index (χ4v) is 2.92. The highest BCUT2D eigenvalue weighted by Gasteiger charge is 2.29. The largest absolute Gasteiger partial charge is 0.493 e. The Balaban J connectivity index is 2.11. The van der Waals surface area contributed by atoms with Gasteiger partial charge in [0.2, 0.25) is 0 Å². The molecular weight excluding hydrogens is 282 g/mol. The first-order chi connectivity index (χ1) is 10.5. The molecule has 1 aliphatic rings. The number of nitrogens with zero attached hydrogens (tertiary/aromatic N) is 1. The summed E-state index contributed by atoms with van der Waals surface area (Å²) >= 11 is 0. The molecule has 0 saturated carbocycles. The molecule has 2 unspecified atom stereocenters. The molecule has 0 aromatic heterocycles. The van der Waals surface area contributed by atoms with Crippen molar-refractivity contribution < 1.29 is 19.4 Å². The molecule has 0 bridgehead atoms. The minimum absolute atomic E-state index is 0.263. The maximum absolute atomic E-state index is 11.2. The number of hydrogen-bond donors (Lipinski definition) is 1. The van der Waals surface area contributed by atoms with Crippen LogP contribution in [0, 0.1) is 5.92 Å². The summed E-state index contributed by atoms with van der Waals surface area (Å²) in [4.78, 5) is 13.5. The molecule has 1 saturated heterocycles. The van der Waals surface area contributed by atoms with Crippen molar-refractivity contribution >= 4 is 5.97 Å². The van der Waals surface area contributed by atoms with Crippen molar-refractivity contribution in [2.75, 3.05) is 20.3 Å². The molecule has 0 radical (unpaired) electrons. The number of rotatable bonds is 6. The third kappa shape index (κ3) is 3.91. The van der Waals surface area contributed by atoms with E-state index in [9.17, 15) is 9.90 Å². The number of carboxylic acids is 1. The molecule has 122 valence electrons. The maximum Gasteiger partial charge on any atom is 0.307 e. The predicted octanol–water partition coefficient (Wildman–Crippen LogP) is 2.78. The van der Waals surface area contributed by atoms with Crippen LogP contribution < -0.4 is 9.47 Å². The van der Waals surface area contributed by atoms with Gasteiger partial charge in [0.25, 0.3) is 0 Å². The average Bonchev–Trinajstić information content (AvgIpc) is 2.50. The molecular formula is C17H25NO4. The minimum atomic E-state index is -0.693. The Kier molecular flexibility index (Phi) is 5.66. The molecule has 1 heterocycles. The molecule has 5 heteroatoms. The van der Waals surface area contributed by atoms with Crippen molar-refractivity contribution in [1.82, 2.24) is 4.90 Å². The van der Waals surface area contributed by atoms with Gasteiger partial charge in [-0.2, -0.15) is 0 Å². The van der Waals surface area contributed by atoms with Crippen LogP contribution >= 0.6 is 0 Å². The summed E-state index contributed by atoms with van der Waals surface area (Å²) < 4.78 is 10.9. The number of likely N-dealkylation sites (tertiary alicyclic amines) is 1. The minimum Gasteiger partial charge on any atom is -0.493 e. The Morgan fingerprint density at radius 1 is 1.36 bits per heavy atom. The zero-order valence-electron chi connectivity index (χ0n) is 13.5. The summed E-state index contributed by atoms with van der Waals surface area (Å²) in [5.41, 5.74) is 1.11. The van der Waals surface area contributed by atoms with E-state index in [4.69, 9.17) is 9.47 Å². The molecule has 1 N–H and O–H groups in total. The third-order valence-corrected chi connectivity index (χ3v) is 4.27. The second kappa shape index (κ2) is 7.49. The lowest BCUT2D eigenvalue weighted by atomic mass is 9.93. The molecule has 2 rings (SSSR count). The fraction of sp³-hybridized carbons (Fsp3) is 0.588. The Morgan fingerprint density at radius 2 is 2.14 bits per heavy atom. The Bertz CT molecular complexity index is 517. The SMILES string of the molecule is CCOc1cc(CN2CC(C(=O)O)CCC2C)ccc1OC. The second-order valence-corrected chi connectivity index (χ2v) is 5.81. The van der Waals surface area contributed by atoms with Gasteiger partial charge in [0.1, 0.15) is 0 Å². The van der Waals surface area contributed by atoms with E-state index in [2.05, 4.69) is 11.8 Å². The van der Waals surface area contributed by atoms with E-state index in [1.54, 1.807) is 7.11 Å². The summed E-state index contributed by atoms with van der Waals surface area (Å²) in [5, 5.41) is 9.23. The summed E-state index contributed by atoms with van der Waals surface area (Å²) in [7, 11) is 1.63. The number of hydrogen-bond acceptors (Lipinski definition) is 4. The van der Waals surface area contributed by atoms with Gasteiger partial charge in [0.05, 0.1) is 19.6 Å². The Morgan fingerprint density at radius 3 is 2.77 bits per heavy atom. The van der Waals surface area contributed by atoms with Crippen molar-refractivity contribution in [1.29, 1.82) is 0 Å². The normalized spacial score (nSPS) is 22.3. The van der Waals surface area contributed by atoms with Gasteiger partial charge in [0, 0.05) is 19.1 Å². The molecule has 1 fully saturated rings. The summed E-state index contributed by atoms with van der Waals surface area (Å²) in [6.07, 6.45) is 1.69. The molecule has 0 aliphatic carbocycles. The number of aliphatic carboxylic acids is 1. The van der Waals surface area contributed by atoms with E-state index in [1.165, 1.54) is 0 Å². The topological polar surface area (TPSA) is 59.0 Å². The summed E-state index contributed by atoms with van der Waals surface area (Å²) in [6.45, 7) is 6.02. The van der Waals surface area contributed by atoms with Gasteiger partial charge in [-0.3, -0.25) is 9.69 Å². The van der Waals surface area contributed by atoms with E-state index < -0.39 is 5.97 Å². The van der Waals surface area contributed by atoms with Gasteiger partial charge in [0.15, 0.2) is 11.5 Å². The zero-order valence-corrected chi connectivity index (χ0v) is 13.5. The van der Waals surface area contributed by atoms with E-state index in [0.717, 1.165) is 36.4 Å². The third-order valence-electron chi connectivity index (χ3n) is 4.27. The number of methoxy groups -OCH3 is 1. The highest BCUT2D eigenvalue weighted by Crippen LogP contribution is 2.30. The lowest BCUT2D eigenvalue weighted by molar-refractivity contribution is -0.144. The lowest BCUT2D eigenvalue weighted by Gasteiger charge is -2.36. The highest BCUT2D eigenvalue weighted by molar-refractivity contribution is 5.70. The molecule has 0 amide bonds. The maximum atomic E-state index is 11.2. The number of benzene rings is 1. The zero-order chi connectivity index (χ0) is 16.1. The quantitative estimate of drug-likeness (QED) is 0.875. The number of ether oxygens (including phenoxy) is 2. The first-order valence-corrected chi connectivity index (χ1v) is 7.81. The van der Waals surface area contributed by atoms with Gasteiger partial charge in [-0.05, 0) is 44.4 Å².